The molecule has 1 saturated carbocycles. The second-order valence-electron chi connectivity index (χ2n) is 15.8. The zero-order valence-corrected chi connectivity index (χ0v) is 29.2. The molecule has 8 rings (SSSR count). The molecule has 2 N–H and O–H groups in total. The maximum atomic E-state index is 12.5. The van der Waals surface area contributed by atoms with Gasteiger partial charge in [-0.2, -0.15) is 0 Å². The number of nitrogens with zero attached hydrogens (tertiary/aromatic N) is 7. The number of phenolic OH excluding ortho intramolecular Hbond substituents is 1. The van der Waals surface area contributed by atoms with Crippen molar-refractivity contribution in [3.8, 4) is 17.0 Å². The number of phenols is 1. The molecule has 0 radical (unpaired) electrons. The first-order chi connectivity index (χ1) is 23.6. The van der Waals surface area contributed by atoms with Crippen LogP contribution in [0.5, 0.6) is 5.75 Å². The molecule has 1 atom stereocenters. The minimum absolute atomic E-state index is 0.0586. The van der Waals surface area contributed by atoms with E-state index in [2.05, 4.69) is 44.3 Å². The van der Waals surface area contributed by atoms with Gasteiger partial charge in [-0.1, -0.05) is 12.1 Å². The highest BCUT2D eigenvalue weighted by molar-refractivity contribution is 5.86. The van der Waals surface area contributed by atoms with Crippen LogP contribution >= 0.6 is 0 Å². The highest BCUT2D eigenvalue weighted by Crippen LogP contribution is 2.52. The topological polar surface area (TPSA) is 124 Å². The van der Waals surface area contributed by atoms with Crippen LogP contribution in [0.1, 0.15) is 95.0 Å². The number of aromatic hydroxyl groups is 1. The van der Waals surface area contributed by atoms with Crippen LogP contribution < -0.4 is 4.90 Å². The van der Waals surface area contributed by atoms with E-state index in [1.807, 2.05) is 49.9 Å². The Labute approximate surface area is 288 Å². The van der Waals surface area contributed by atoms with Crippen molar-refractivity contribution in [2.45, 2.75) is 96.2 Å². The number of carbonyl (C=O) groups excluding carboxylic acids is 1. The third-order valence-corrected chi connectivity index (χ3v) is 11.6. The Bertz CT molecular complexity index is 1830. The van der Waals surface area contributed by atoms with Crippen LogP contribution in [0.25, 0.3) is 22.3 Å². The number of piperidine rings is 2. The molecule has 0 bridgehead atoms. The lowest BCUT2D eigenvalue weighted by Crippen LogP contribution is -2.57. The fourth-order valence-corrected chi connectivity index (χ4v) is 8.80. The van der Waals surface area contributed by atoms with E-state index >= 15 is 0 Å². The predicted molar refractivity (Wildman–Crippen MR) is 189 cm³/mol. The van der Waals surface area contributed by atoms with Crippen molar-refractivity contribution in [1.82, 2.24) is 34.9 Å². The van der Waals surface area contributed by atoms with Crippen LogP contribution in [0.2, 0.25) is 0 Å². The minimum Gasteiger partial charge on any atom is -0.507 e. The number of nitrogens with one attached hydrogen (secondary N) is 1. The molecule has 49 heavy (non-hydrogen) atoms. The van der Waals surface area contributed by atoms with Crippen molar-refractivity contribution in [3.63, 3.8) is 0 Å². The molecule has 3 aromatic heterocycles. The van der Waals surface area contributed by atoms with Crippen LogP contribution in [0.4, 0.5) is 10.7 Å². The number of benzene rings is 1. The van der Waals surface area contributed by atoms with Gasteiger partial charge in [-0.25, -0.2) is 14.8 Å². The van der Waals surface area contributed by atoms with E-state index in [9.17, 15) is 9.90 Å². The maximum Gasteiger partial charge on any atom is 0.410 e. The zero-order valence-electron chi connectivity index (χ0n) is 29.2. The zero-order chi connectivity index (χ0) is 33.9. The van der Waals surface area contributed by atoms with Crippen LogP contribution in [0.15, 0.2) is 42.7 Å². The molecule has 11 nitrogen and oxygen atoms in total. The van der Waals surface area contributed by atoms with Gasteiger partial charge in [0, 0.05) is 66.7 Å². The van der Waals surface area contributed by atoms with Gasteiger partial charge in [-0.15, -0.1) is 10.2 Å². The molecule has 0 unspecified atom stereocenters. The highest BCUT2D eigenvalue weighted by Gasteiger charge is 2.49. The summed E-state index contributed by atoms with van der Waals surface area (Å²) in [5, 5.41) is 20.3. The van der Waals surface area contributed by atoms with Gasteiger partial charge < -0.3 is 29.5 Å². The number of anilines is 1. The van der Waals surface area contributed by atoms with Gasteiger partial charge in [0.15, 0.2) is 5.65 Å². The van der Waals surface area contributed by atoms with E-state index < -0.39 is 5.60 Å². The summed E-state index contributed by atoms with van der Waals surface area (Å²) in [6.45, 7) is 12.7. The van der Waals surface area contributed by atoms with Crippen molar-refractivity contribution in [2.75, 3.05) is 37.6 Å². The summed E-state index contributed by atoms with van der Waals surface area (Å²) in [5.74, 6) is 1.44. The summed E-state index contributed by atoms with van der Waals surface area (Å²) in [7, 11) is 0. The lowest BCUT2D eigenvalue weighted by Gasteiger charge is -2.56. The largest absolute Gasteiger partial charge is 0.507 e. The Morgan fingerprint density at radius 2 is 1.71 bits per heavy atom. The molecule has 1 amide bonds. The summed E-state index contributed by atoms with van der Waals surface area (Å²) >= 11 is 0. The van der Waals surface area contributed by atoms with Crippen molar-refractivity contribution >= 4 is 23.1 Å². The number of ether oxygens (including phenoxy) is 1. The molecule has 2 saturated heterocycles. The monoisotopic (exact) mass is 664 g/mol. The molecule has 4 aliphatic rings. The Morgan fingerprint density at radius 1 is 1.00 bits per heavy atom. The minimum atomic E-state index is -0.443. The van der Waals surface area contributed by atoms with Crippen LogP contribution in [-0.2, 0) is 11.2 Å². The second kappa shape index (κ2) is 12.3. The molecule has 6 heterocycles. The van der Waals surface area contributed by atoms with E-state index in [-0.39, 0.29) is 17.9 Å². The average Bonchev–Trinajstić information content (AvgIpc) is 3.46. The lowest BCUT2D eigenvalue weighted by atomic mass is 9.59. The number of aromatic amines is 1. The Morgan fingerprint density at radius 3 is 2.41 bits per heavy atom. The molecular weight excluding hydrogens is 616 g/mol. The van der Waals surface area contributed by atoms with Crippen LogP contribution in [-0.4, -0.2) is 90.5 Å². The van der Waals surface area contributed by atoms with E-state index in [1.165, 1.54) is 29.7 Å². The first kappa shape index (κ1) is 32.0. The Balaban J connectivity index is 0.866. The van der Waals surface area contributed by atoms with Gasteiger partial charge in [-0.05, 0) is 114 Å². The third kappa shape index (κ3) is 6.11. The maximum absolute atomic E-state index is 12.5. The molecule has 1 aromatic carbocycles. The van der Waals surface area contributed by atoms with Gasteiger partial charge in [0.25, 0.3) is 0 Å². The summed E-state index contributed by atoms with van der Waals surface area (Å²) in [6.07, 6.45) is 11.8. The summed E-state index contributed by atoms with van der Waals surface area (Å²) in [5.41, 5.74) is 5.66. The molecule has 1 spiro atoms. The molecule has 3 aliphatic heterocycles. The first-order valence-corrected chi connectivity index (χ1v) is 18.0. The predicted octanol–water partition coefficient (Wildman–Crippen LogP) is 6.60. The number of hydrogen-bond acceptors (Lipinski definition) is 9. The van der Waals surface area contributed by atoms with Crippen molar-refractivity contribution in [2.24, 2.45) is 5.41 Å². The average molecular weight is 665 g/mol. The van der Waals surface area contributed by atoms with E-state index in [4.69, 9.17) is 14.7 Å². The third-order valence-electron chi connectivity index (χ3n) is 11.6. The number of carbonyl (C=O) groups is 1. The van der Waals surface area contributed by atoms with Crippen molar-refractivity contribution < 1.29 is 14.6 Å². The Hall–Kier alpha value is -4.25. The Kier molecular flexibility index (Phi) is 8.00. The van der Waals surface area contributed by atoms with Gasteiger partial charge in [0.2, 0.25) is 5.95 Å². The number of rotatable bonds is 4. The van der Waals surface area contributed by atoms with Crippen molar-refractivity contribution in [3.05, 3.63) is 59.5 Å². The number of fused-ring (bicyclic) bond motifs is 3. The molecule has 3 fully saturated rings. The van der Waals surface area contributed by atoms with E-state index in [0.29, 0.717) is 28.6 Å². The SMILES string of the molecule is C[C@H]1c2c([nH]c3nnc(-c4ccccc4O)cc23)CCN1c1ncc(C2CCN(C3CC4(CCN(C(=O)OC(C)(C)C)CC4)C3)CC2)cn1. The van der Waals surface area contributed by atoms with E-state index in [1.54, 1.807) is 6.07 Å². The van der Waals surface area contributed by atoms with Crippen LogP contribution in [0.3, 0.4) is 0 Å². The second-order valence-corrected chi connectivity index (χ2v) is 15.8. The molecule has 4 aromatic rings. The van der Waals surface area contributed by atoms with Crippen LogP contribution in [0, 0.1) is 5.41 Å². The standard InChI is InChI=1S/C38H48N8O3/c1-24-33-29-19-31(28-7-5-6-8-32(28)47)42-43-34(29)41-30(33)11-16-46(24)35-39-22-26(23-40-35)25-9-14-44(15-10-25)27-20-38(21-27)12-17-45(18-13-38)36(48)49-37(2,3)4/h5-8,19,22-25,27,47H,9-18,20-21H2,1-4H3,(H,41,43)/t24-/m0/s1. The number of H-pyrrole nitrogens is 1. The van der Waals surface area contributed by atoms with Gasteiger partial charge in [0.05, 0.1) is 11.7 Å². The number of para-hydroxylation sites is 1. The van der Waals surface area contributed by atoms with Gasteiger partial charge >= 0.3 is 6.09 Å². The summed E-state index contributed by atoms with van der Waals surface area (Å²) in [4.78, 5) is 32.7. The first-order valence-electron chi connectivity index (χ1n) is 18.0. The number of amides is 1. The normalized spacial score (nSPS) is 21.9. The molecule has 258 valence electrons. The number of likely N-dealkylation sites (tertiary alicyclic amines) is 2. The van der Waals surface area contributed by atoms with Crippen molar-refractivity contribution in [1.29, 1.82) is 0 Å². The van der Waals surface area contributed by atoms with E-state index in [0.717, 1.165) is 81.8 Å². The highest BCUT2D eigenvalue weighted by atomic mass is 16.6. The molecule has 1 aliphatic carbocycles. The molecule has 11 heteroatoms. The molecular formula is C38H48N8O3. The summed E-state index contributed by atoms with van der Waals surface area (Å²) < 4.78 is 5.60. The van der Waals surface area contributed by atoms with Gasteiger partial charge in [-0.3, -0.25) is 0 Å². The number of hydrogen-bond donors (Lipinski definition) is 2. The number of aromatic nitrogens is 5. The lowest BCUT2D eigenvalue weighted by molar-refractivity contribution is -0.0530. The fourth-order valence-electron chi connectivity index (χ4n) is 8.80. The van der Waals surface area contributed by atoms with Gasteiger partial charge in [0.1, 0.15) is 11.4 Å². The summed E-state index contributed by atoms with van der Waals surface area (Å²) in [6, 6.07) is 10.00. The fraction of sp³-hybridized carbons (Fsp3) is 0.553. The smallest absolute Gasteiger partial charge is 0.410 e. The quantitative estimate of drug-likeness (QED) is 0.248.